The van der Waals surface area contributed by atoms with Crippen molar-refractivity contribution in [3.05, 3.63) is 30.3 Å². The Morgan fingerprint density at radius 2 is 2.19 bits per heavy atom. The highest BCUT2D eigenvalue weighted by molar-refractivity contribution is 6.18. The van der Waals surface area contributed by atoms with E-state index >= 15 is 0 Å². The van der Waals surface area contributed by atoms with E-state index in [1.807, 2.05) is 30.3 Å². The maximum absolute atomic E-state index is 11.3. The molecule has 0 spiro atoms. The lowest BCUT2D eigenvalue weighted by Crippen LogP contribution is -2.30. The van der Waals surface area contributed by atoms with Gasteiger partial charge in [0.1, 0.15) is 5.82 Å². The number of carbonyl (C=O) groups excluding carboxylic acids is 1. The zero-order valence-electron chi connectivity index (χ0n) is 8.59. The van der Waals surface area contributed by atoms with Gasteiger partial charge in [-0.3, -0.25) is 5.32 Å². The van der Waals surface area contributed by atoms with Crippen molar-refractivity contribution in [1.82, 2.24) is 10.3 Å². The van der Waals surface area contributed by atoms with Crippen LogP contribution in [0, 0.1) is 0 Å². The summed E-state index contributed by atoms with van der Waals surface area (Å²) >= 11 is 5.46. The normalized spacial score (nSPS) is 10.3. The van der Waals surface area contributed by atoms with E-state index in [0.29, 0.717) is 18.2 Å². The smallest absolute Gasteiger partial charge is 0.320 e. The van der Waals surface area contributed by atoms with Crippen LogP contribution in [-0.2, 0) is 0 Å². The highest BCUT2D eigenvalue weighted by atomic mass is 35.5. The molecule has 16 heavy (non-hydrogen) atoms. The van der Waals surface area contributed by atoms with Gasteiger partial charge in [-0.1, -0.05) is 18.2 Å². The van der Waals surface area contributed by atoms with E-state index in [9.17, 15) is 4.79 Å². The van der Waals surface area contributed by atoms with Gasteiger partial charge in [0.05, 0.1) is 0 Å². The first-order valence-electron chi connectivity index (χ1n) is 4.98. The number of para-hydroxylation sites is 1. The van der Waals surface area contributed by atoms with Crippen molar-refractivity contribution in [3.63, 3.8) is 0 Å². The second-order valence-corrected chi connectivity index (χ2v) is 3.72. The minimum atomic E-state index is -0.257. The number of alkyl halides is 1. The Balaban J connectivity index is 2.07. The number of rotatable bonds is 3. The van der Waals surface area contributed by atoms with Crippen molar-refractivity contribution in [1.29, 1.82) is 0 Å². The topological polar surface area (TPSA) is 56.9 Å². The van der Waals surface area contributed by atoms with Crippen LogP contribution in [0.15, 0.2) is 30.3 Å². The van der Waals surface area contributed by atoms with E-state index in [4.69, 9.17) is 11.6 Å². The molecule has 2 amide bonds. The summed E-state index contributed by atoms with van der Waals surface area (Å²) in [5.41, 5.74) is 0.996. The summed E-state index contributed by atoms with van der Waals surface area (Å²) in [5.74, 6) is 1.08. The molecule has 0 radical (unpaired) electrons. The number of fused-ring (bicyclic) bond motifs is 1. The minimum Gasteiger partial charge on any atom is -0.341 e. The first-order chi connectivity index (χ1) is 7.79. The Kier molecular flexibility index (Phi) is 3.31. The predicted octanol–water partition coefficient (Wildman–Crippen LogP) is 2.53. The van der Waals surface area contributed by atoms with Gasteiger partial charge in [0.2, 0.25) is 0 Å². The van der Waals surface area contributed by atoms with E-state index in [-0.39, 0.29) is 6.03 Å². The highest BCUT2D eigenvalue weighted by Crippen LogP contribution is 2.17. The van der Waals surface area contributed by atoms with Crippen LogP contribution < -0.4 is 10.6 Å². The molecule has 0 atom stereocenters. The van der Waals surface area contributed by atoms with Gasteiger partial charge >= 0.3 is 6.03 Å². The molecule has 84 valence electrons. The maximum atomic E-state index is 11.3. The van der Waals surface area contributed by atoms with Crippen molar-refractivity contribution in [2.24, 2.45) is 0 Å². The fourth-order valence-corrected chi connectivity index (χ4v) is 1.56. The summed E-state index contributed by atoms with van der Waals surface area (Å²) in [6.07, 6.45) is 0. The van der Waals surface area contributed by atoms with Crippen molar-refractivity contribution in [2.45, 2.75) is 0 Å². The largest absolute Gasteiger partial charge is 0.341 e. The van der Waals surface area contributed by atoms with Gasteiger partial charge in [0, 0.05) is 23.3 Å². The SMILES string of the molecule is O=C(NCCCl)Nc1cc2ccccc2[nH]1. The second-order valence-electron chi connectivity index (χ2n) is 3.34. The van der Waals surface area contributed by atoms with Crippen molar-refractivity contribution in [2.75, 3.05) is 17.7 Å². The number of aromatic nitrogens is 1. The van der Waals surface area contributed by atoms with Gasteiger partial charge in [0.25, 0.3) is 0 Å². The third kappa shape index (κ3) is 2.46. The van der Waals surface area contributed by atoms with E-state index in [0.717, 1.165) is 10.9 Å². The Hall–Kier alpha value is -1.68. The number of aromatic amines is 1. The summed E-state index contributed by atoms with van der Waals surface area (Å²) < 4.78 is 0. The van der Waals surface area contributed by atoms with Crippen LogP contribution in [0.25, 0.3) is 10.9 Å². The lowest BCUT2D eigenvalue weighted by molar-refractivity contribution is 0.252. The van der Waals surface area contributed by atoms with E-state index < -0.39 is 0 Å². The fourth-order valence-electron chi connectivity index (χ4n) is 1.47. The quantitative estimate of drug-likeness (QED) is 0.706. The number of urea groups is 1. The molecule has 1 aromatic carbocycles. The number of hydrogen-bond acceptors (Lipinski definition) is 1. The van der Waals surface area contributed by atoms with Crippen LogP contribution in [0.1, 0.15) is 0 Å². The maximum Gasteiger partial charge on any atom is 0.320 e. The summed E-state index contributed by atoms with van der Waals surface area (Å²) in [7, 11) is 0. The van der Waals surface area contributed by atoms with Gasteiger partial charge in [-0.2, -0.15) is 0 Å². The molecule has 0 saturated heterocycles. The summed E-state index contributed by atoms with van der Waals surface area (Å²) in [5, 5.41) is 6.39. The van der Waals surface area contributed by atoms with E-state index in [1.54, 1.807) is 0 Å². The molecule has 0 aliphatic rings. The molecule has 1 aromatic heterocycles. The number of benzene rings is 1. The van der Waals surface area contributed by atoms with E-state index in [1.165, 1.54) is 0 Å². The van der Waals surface area contributed by atoms with Crippen molar-refractivity contribution in [3.8, 4) is 0 Å². The standard InChI is InChI=1S/C11H12ClN3O/c12-5-6-13-11(16)15-10-7-8-3-1-2-4-9(8)14-10/h1-4,7,14H,5-6H2,(H2,13,15,16). The summed E-state index contributed by atoms with van der Waals surface area (Å²) in [4.78, 5) is 14.4. The zero-order chi connectivity index (χ0) is 11.4. The molecular weight excluding hydrogens is 226 g/mol. The molecule has 4 nitrogen and oxygen atoms in total. The average molecular weight is 238 g/mol. The fraction of sp³-hybridized carbons (Fsp3) is 0.182. The van der Waals surface area contributed by atoms with Crippen molar-refractivity contribution >= 4 is 34.4 Å². The molecule has 0 bridgehead atoms. The number of carbonyl (C=O) groups is 1. The zero-order valence-corrected chi connectivity index (χ0v) is 9.34. The van der Waals surface area contributed by atoms with Crippen LogP contribution in [0.4, 0.5) is 10.6 Å². The van der Waals surface area contributed by atoms with E-state index in [2.05, 4.69) is 15.6 Å². The highest BCUT2D eigenvalue weighted by Gasteiger charge is 2.03. The predicted molar refractivity (Wildman–Crippen MR) is 66.0 cm³/mol. The number of hydrogen-bond donors (Lipinski definition) is 3. The number of halogens is 1. The Morgan fingerprint density at radius 1 is 1.38 bits per heavy atom. The van der Waals surface area contributed by atoms with Crippen LogP contribution in [0.5, 0.6) is 0 Å². The van der Waals surface area contributed by atoms with Gasteiger partial charge in [0.15, 0.2) is 0 Å². The lowest BCUT2D eigenvalue weighted by atomic mass is 10.2. The molecule has 2 aromatic rings. The van der Waals surface area contributed by atoms with Crippen LogP contribution in [0.3, 0.4) is 0 Å². The molecule has 1 heterocycles. The molecule has 2 rings (SSSR count). The second kappa shape index (κ2) is 4.90. The first kappa shape index (κ1) is 10.8. The molecule has 0 aliphatic carbocycles. The number of amides is 2. The van der Waals surface area contributed by atoms with Crippen molar-refractivity contribution < 1.29 is 4.79 Å². The van der Waals surface area contributed by atoms with Gasteiger partial charge in [-0.25, -0.2) is 4.79 Å². The molecule has 0 saturated carbocycles. The summed E-state index contributed by atoms with van der Waals surface area (Å²) in [6.45, 7) is 0.452. The average Bonchev–Trinajstić information content (AvgIpc) is 2.68. The molecule has 5 heteroatoms. The van der Waals surface area contributed by atoms with Crippen LogP contribution in [-0.4, -0.2) is 23.4 Å². The van der Waals surface area contributed by atoms with Gasteiger partial charge in [-0.15, -0.1) is 11.6 Å². The molecule has 0 aliphatic heterocycles. The third-order valence-electron chi connectivity index (χ3n) is 2.16. The third-order valence-corrected chi connectivity index (χ3v) is 2.35. The number of H-pyrrole nitrogens is 1. The van der Waals surface area contributed by atoms with Crippen LogP contribution in [0.2, 0.25) is 0 Å². The molecule has 3 N–H and O–H groups in total. The van der Waals surface area contributed by atoms with Gasteiger partial charge < -0.3 is 10.3 Å². The lowest BCUT2D eigenvalue weighted by Gasteiger charge is -2.03. The number of nitrogens with one attached hydrogen (secondary N) is 3. The Labute approximate surface area is 98.0 Å². The Bertz CT molecular complexity index is 462. The van der Waals surface area contributed by atoms with Crippen LogP contribution >= 0.6 is 11.6 Å². The molecule has 0 fully saturated rings. The monoisotopic (exact) mass is 237 g/mol. The summed E-state index contributed by atoms with van der Waals surface area (Å²) in [6, 6.07) is 9.46. The molecular formula is C11H12ClN3O. The Morgan fingerprint density at radius 3 is 2.94 bits per heavy atom. The minimum absolute atomic E-state index is 0.257. The van der Waals surface area contributed by atoms with Gasteiger partial charge in [-0.05, 0) is 12.1 Å². The first-order valence-corrected chi connectivity index (χ1v) is 5.51. The molecule has 0 unspecified atom stereocenters. The number of anilines is 1.